The van der Waals surface area contributed by atoms with Crippen LogP contribution in [0.2, 0.25) is 0 Å². The quantitative estimate of drug-likeness (QED) is 0.188. The minimum absolute atomic E-state index is 0.392. The van der Waals surface area contributed by atoms with Gasteiger partial charge in [0, 0.05) is 11.4 Å². The Bertz CT molecular complexity index is 2540. The summed E-state index contributed by atoms with van der Waals surface area (Å²) >= 11 is 0. The van der Waals surface area contributed by atoms with E-state index in [2.05, 4.69) is 204 Å². The lowest BCUT2D eigenvalue weighted by Crippen LogP contribution is -2.27. The Kier molecular flexibility index (Phi) is 5.91. The molecular weight excluding hydrogens is 617 g/mol. The van der Waals surface area contributed by atoms with Crippen molar-refractivity contribution in [1.29, 1.82) is 0 Å². The molecule has 0 bridgehead atoms. The maximum absolute atomic E-state index is 2.48. The van der Waals surface area contributed by atoms with E-state index in [1.807, 2.05) is 0 Å². The second-order valence-electron chi connectivity index (χ2n) is 13.7. The van der Waals surface area contributed by atoms with E-state index in [1.54, 1.807) is 0 Å². The number of hydrogen-bond acceptors (Lipinski definition) is 2. The van der Waals surface area contributed by atoms with E-state index in [-0.39, 0.29) is 0 Å². The van der Waals surface area contributed by atoms with Crippen molar-refractivity contribution < 1.29 is 0 Å². The Morgan fingerprint density at radius 2 is 0.647 bits per heavy atom. The summed E-state index contributed by atoms with van der Waals surface area (Å²) in [5, 5.41) is 0. The SMILES string of the molecule is c1ccc(-c2ccc(N3c4ccccc4N(c4ccc5c(c4)C4(c6ccccc6-c6ccccc64)c4ccccc4-5)c4ccccc43)cc2)cc1. The Labute approximate surface area is 298 Å². The van der Waals surface area contributed by atoms with Gasteiger partial charge in [-0.15, -0.1) is 0 Å². The highest BCUT2D eigenvalue weighted by atomic mass is 15.3. The van der Waals surface area contributed by atoms with E-state index < -0.39 is 5.41 Å². The number of para-hydroxylation sites is 4. The number of anilines is 6. The van der Waals surface area contributed by atoms with Crippen LogP contribution in [0.1, 0.15) is 22.3 Å². The van der Waals surface area contributed by atoms with Crippen LogP contribution in [0, 0.1) is 0 Å². The van der Waals surface area contributed by atoms with Gasteiger partial charge in [-0.25, -0.2) is 0 Å². The van der Waals surface area contributed by atoms with Crippen LogP contribution in [0.15, 0.2) is 194 Å². The first-order valence-electron chi connectivity index (χ1n) is 17.7. The van der Waals surface area contributed by atoms with Crippen LogP contribution in [-0.4, -0.2) is 0 Å². The third-order valence-electron chi connectivity index (χ3n) is 11.2. The summed E-state index contributed by atoms with van der Waals surface area (Å²) in [6, 6.07) is 71.4. The smallest absolute Gasteiger partial charge is 0.0726 e. The lowest BCUT2D eigenvalue weighted by molar-refractivity contribution is 0.793. The number of fused-ring (bicyclic) bond motifs is 12. The molecule has 0 saturated heterocycles. The zero-order valence-corrected chi connectivity index (χ0v) is 27.9. The summed E-state index contributed by atoms with van der Waals surface area (Å²) in [6.07, 6.45) is 0. The molecule has 11 rings (SSSR count). The van der Waals surface area contributed by atoms with E-state index in [4.69, 9.17) is 0 Å². The fraction of sp³-hybridized carbons (Fsp3) is 0.0204. The van der Waals surface area contributed by atoms with Crippen LogP contribution in [0.4, 0.5) is 34.1 Å². The molecule has 1 aliphatic heterocycles. The zero-order chi connectivity index (χ0) is 33.5. The van der Waals surface area contributed by atoms with Crippen molar-refractivity contribution in [3.63, 3.8) is 0 Å². The molecule has 8 aromatic carbocycles. The Hall–Kier alpha value is -6.64. The van der Waals surface area contributed by atoms with Crippen LogP contribution in [-0.2, 0) is 5.41 Å². The highest BCUT2D eigenvalue weighted by Gasteiger charge is 2.51. The Balaban J connectivity index is 1.12. The summed E-state index contributed by atoms with van der Waals surface area (Å²) in [7, 11) is 0. The molecule has 2 heteroatoms. The van der Waals surface area contributed by atoms with Gasteiger partial charge in [0.1, 0.15) is 0 Å². The third kappa shape index (κ3) is 3.82. The maximum atomic E-state index is 2.48. The summed E-state index contributed by atoms with van der Waals surface area (Å²) in [5.41, 5.74) is 19.6. The Morgan fingerprint density at radius 3 is 1.16 bits per heavy atom. The molecule has 0 amide bonds. The van der Waals surface area contributed by atoms with Gasteiger partial charge in [-0.2, -0.15) is 0 Å². The van der Waals surface area contributed by atoms with Crippen molar-refractivity contribution in [3.8, 4) is 33.4 Å². The van der Waals surface area contributed by atoms with Crippen LogP contribution in [0.25, 0.3) is 33.4 Å². The van der Waals surface area contributed by atoms with Gasteiger partial charge < -0.3 is 9.80 Å². The van der Waals surface area contributed by atoms with E-state index in [0.29, 0.717) is 0 Å². The molecule has 2 aliphatic carbocycles. The van der Waals surface area contributed by atoms with Crippen molar-refractivity contribution >= 4 is 34.1 Å². The minimum atomic E-state index is -0.392. The van der Waals surface area contributed by atoms with Crippen molar-refractivity contribution in [2.45, 2.75) is 5.41 Å². The second-order valence-corrected chi connectivity index (χ2v) is 13.7. The van der Waals surface area contributed by atoms with Gasteiger partial charge >= 0.3 is 0 Å². The summed E-state index contributed by atoms with van der Waals surface area (Å²) in [4.78, 5) is 4.87. The maximum Gasteiger partial charge on any atom is 0.0726 e. The van der Waals surface area contributed by atoms with E-state index >= 15 is 0 Å². The topological polar surface area (TPSA) is 6.48 Å². The van der Waals surface area contributed by atoms with Crippen molar-refractivity contribution in [2.24, 2.45) is 0 Å². The molecule has 0 N–H and O–H groups in total. The van der Waals surface area contributed by atoms with Gasteiger partial charge in [0.25, 0.3) is 0 Å². The van der Waals surface area contributed by atoms with E-state index in [0.717, 1.165) is 34.1 Å². The Morgan fingerprint density at radius 1 is 0.275 bits per heavy atom. The van der Waals surface area contributed by atoms with Crippen LogP contribution < -0.4 is 9.80 Å². The molecule has 0 aromatic heterocycles. The lowest BCUT2D eigenvalue weighted by atomic mass is 9.70. The molecule has 51 heavy (non-hydrogen) atoms. The third-order valence-corrected chi connectivity index (χ3v) is 11.2. The predicted molar refractivity (Wildman–Crippen MR) is 211 cm³/mol. The molecule has 3 aliphatic rings. The first-order chi connectivity index (χ1) is 25.3. The van der Waals surface area contributed by atoms with Gasteiger partial charge in [0.15, 0.2) is 0 Å². The molecule has 1 heterocycles. The van der Waals surface area contributed by atoms with Crippen molar-refractivity contribution in [3.05, 3.63) is 216 Å². The molecule has 0 unspecified atom stereocenters. The van der Waals surface area contributed by atoms with Crippen LogP contribution >= 0.6 is 0 Å². The molecular formula is C49H32N2. The number of benzene rings is 8. The summed E-state index contributed by atoms with van der Waals surface area (Å²) in [5.74, 6) is 0. The molecule has 0 radical (unpaired) electrons. The van der Waals surface area contributed by atoms with Gasteiger partial charge in [-0.05, 0) is 104 Å². The first-order valence-corrected chi connectivity index (χ1v) is 17.7. The molecule has 0 atom stereocenters. The number of rotatable bonds is 3. The zero-order valence-electron chi connectivity index (χ0n) is 27.9. The van der Waals surface area contributed by atoms with Crippen molar-refractivity contribution in [2.75, 3.05) is 9.80 Å². The van der Waals surface area contributed by atoms with Crippen molar-refractivity contribution in [1.82, 2.24) is 0 Å². The average molecular weight is 649 g/mol. The largest absolute Gasteiger partial charge is 0.306 e. The van der Waals surface area contributed by atoms with Crippen LogP contribution in [0.5, 0.6) is 0 Å². The van der Waals surface area contributed by atoms with E-state index in [1.165, 1.54) is 55.6 Å². The molecule has 8 aromatic rings. The minimum Gasteiger partial charge on any atom is -0.306 e. The number of nitrogens with zero attached hydrogens (tertiary/aromatic N) is 2. The monoisotopic (exact) mass is 648 g/mol. The second kappa shape index (κ2) is 10.7. The van der Waals surface area contributed by atoms with Gasteiger partial charge in [-0.3, -0.25) is 0 Å². The molecule has 0 saturated carbocycles. The van der Waals surface area contributed by atoms with Crippen LogP contribution in [0.3, 0.4) is 0 Å². The van der Waals surface area contributed by atoms with E-state index in [9.17, 15) is 0 Å². The summed E-state index contributed by atoms with van der Waals surface area (Å²) in [6.45, 7) is 0. The molecule has 0 fully saturated rings. The lowest BCUT2D eigenvalue weighted by Gasteiger charge is -2.40. The average Bonchev–Trinajstić information content (AvgIpc) is 3.67. The van der Waals surface area contributed by atoms with Gasteiger partial charge in [0.05, 0.1) is 28.2 Å². The highest BCUT2D eigenvalue weighted by molar-refractivity contribution is 6.03. The fourth-order valence-corrected chi connectivity index (χ4v) is 9.16. The standard InChI is InChI=1S/C49H32N2/c1-2-14-33(15-3-1)34-26-28-35(29-27-34)50-45-22-10-12-24-47(45)51(48-25-13-11-23-46(48)50)36-30-31-40-39-18-6-9-21-43(39)49(44(40)32-36)41-19-7-4-16-37(41)38-17-5-8-20-42(38)49/h1-32H. The first kappa shape index (κ1) is 28.2. The predicted octanol–water partition coefficient (Wildman–Crippen LogP) is 13.0. The van der Waals surface area contributed by atoms with Gasteiger partial charge in [-0.1, -0.05) is 146 Å². The highest BCUT2D eigenvalue weighted by Crippen LogP contribution is 2.64. The fourth-order valence-electron chi connectivity index (χ4n) is 9.16. The summed E-state index contributed by atoms with van der Waals surface area (Å²) < 4.78 is 0. The number of hydrogen-bond donors (Lipinski definition) is 0. The molecule has 2 nitrogen and oxygen atoms in total. The molecule has 1 spiro atoms. The van der Waals surface area contributed by atoms with Gasteiger partial charge in [0.2, 0.25) is 0 Å². The normalized spacial score (nSPS) is 14.0. The molecule has 238 valence electrons.